The fourth-order valence-electron chi connectivity index (χ4n) is 0.971. The van der Waals surface area contributed by atoms with Crippen LogP contribution in [0.2, 0.25) is 0 Å². The Morgan fingerprint density at radius 3 is 2.54 bits per heavy atom. The zero-order chi connectivity index (χ0) is 10.1. The van der Waals surface area contributed by atoms with E-state index in [-0.39, 0.29) is 6.04 Å². The molecule has 1 atom stereocenters. The lowest BCUT2D eigenvalue weighted by Gasteiger charge is -2.06. The first-order valence-electron chi connectivity index (χ1n) is 4.89. The molecule has 0 saturated heterocycles. The lowest BCUT2D eigenvalue weighted by atomic mass is 10.1. The first-order valence-corrected chi connectivity index (χ1v) is 4.89. The van der Waals surface area contributed by atoms with Crippen LogP contribution in [0.4, 0.5) is 0 Å². The summed E-state index contributed by atoms with van der Waals surface area (Å²) in [4.78, 5) is 0. The van der Waals surface area contributed by atoms with Crippen LogP contribution >= 0.6 is 0 Å². The highest BCUT2D eigenvalue weighted by Crippen LogP contribution is 2.03. The van der Waals surface area contributed by atoms with Gasteiger partial charge in [-0.25, -0.2) is 0 Å². The smallest absolute Gasteiger partial charge is 0.0950 e. The molecule has 0 aromatic rings. The Morgan fingerprint density at radius 1 is 1.31 bits per heavy atom. The fraction of sp³-hybridized carbons (Fsp3) is 0.900. The van der Waals surface area contributed by atoms with Gasteiger partial charge in [-0.3, -0.25) is 0 Å². The first kappa shape index (κ1) is 12.4. The fourth-order valence-corrected chi connectivity index (χ4v) is 0.971. The second-order valence-corrected chi connectivity index (χ2v) is 3.67. The van der Waals surface area contributed by atoms with Crippen LogP contribution in [0.1, 0.15) is 33.1 Å². The number of nitrogens with zero attached hydrogens (tertiary/aromatic N) is 1. The number of nitrogens with two attached hydrogens (primary N) is 1. The number of rotatable bonds is 7. The minimum atomic E-state index is -0.370. The molecule has 3 heteroatoms. The van der Waals surface area contributed by atoms with Crippen molar-refractivity contribution in [2.45, 2.75) is 39.2 Å². The number of hydrogen-bond acceptors (Lipinski definition) is 3. The van der Waals surface area contributed by atoms with Gasteiger partial charge in [0.25, 0.3) is 0 Å². The molecule has 0 fully saturated rings. The van der Waals surface area contributed by atoms with E-state index in [2.05, 4.69) is 13.8 Å². The number of nitriles is 1. The Labute approximate surface area is 80.9 Å². The molecule has 0 aliphatic heterocycles. The summed E-state index contributed by atoms with van der Waals surface area (Å²) < 4.78 is 5.33. The van der Waals surface area contributed by atoms with Crippen LogP contribution in [-0.2, 0) is 4.74 Å². The van der Waals surface area contributed by atoms with Crippen molar-refractivity contribution in [1.29, 1.82) is 5.26 Å². The van der Waals surface area contributed by atoms with Crippen molar-refractivity contribution in [2.24, 2.45) is 11.7 Å². The van der Waals surface area contributed by atoms with Gasteiger partial charge in [-0.2, -0.15) is 5.26 Å². The highest BCUT2D eigenvalue weighted by Gasteiger charge is 1.99. The normalized spacial score (nSPS) is 12.8. The first-order chi connectivity index (χ1) is 6.16. The molecule has 76 valence electrons. The Hall–Kier alpha value is -0.590. The van der Waals surface area contributed by atoms with Gasteiger partial charge in [-0.15, -0.1) is 0 Å². The minimum Gasteiger partial charge on any atom is -0.381 e. The van der Waals surface area contributed by atoms with Gasteiger partial charge in [0.2, 0.25) is 0 Å². The minimum absolute atomic E-state index is 0.370. The lowest BCUT2D eigenvalue weighted by Crippen LogP contribution is -2.19. The van der Waals surface area contributed by atoms with Crippen LogP contribution in [0.15, 0.2) is 0 Å². The zero-order valence-electron chi connectivity index (χ0n) is 8.62. The van der Waals surface area contributed by atoms with E-state index in [1.54, 1.807) is 0 Å². The molecule has 2 N–H and O–H groups in total. The van der Waals surface area contributed by atoms with Crippen molar-refractivity contribution >= 4 is 0 Å². The molecule has 0 spiro atoms. The zero-order valence-corrected chi connectivity index (χ0v) is 8.62. The predicted molar refractivity (Wildman–Crippen MR) is 53.1 cm³/mol. The summed E-state index contributed by atoms with van der Waals surface area (Å²) in [6.07, 6.45) is 2.93. The highest BCUT2D eigenvalue weighted by molar-refractivity contribution is 4.85. The third-order valence-corrected chi connectivity index (χ3v) is 1.81. The van der Waals surface area contributed by atoms with E-state index < -0.39 is 0 Å². The molecule has 0 aromatic heterocycles. The predicted octanol–water partition coefficient (Wildman–Crippen LogP) is 1.68. The van der Waals surface area contributed by atoms with E-state index in [9.17, 15) is 0 Å². The lowest BCUT2D eigenvalue weighted by molar-refractivity contribution is 0.124. The summed E-state index contributed by atoms with van der Waals surface area (Å²) in [5.74, 6) is 0.741. The quantitative estimate of drug-likeness (QED) is 0.612. The van der Waals surface area contributed by atoms with Crippen LogP contribution in [0.25, 0.3) is 0 Å². The van der Waals surface area contributed by atoms with Crippen molar-refractivity contribution < 1.29 is 4.74 Å². The summed E-state index contributed by atoms with van der Waals surface area (Å²) >= 11 is 0. The van der Waals surface area contributed by atoms with Crippen LogP contribution in [0.3, 0.4) is 0 Å². The maximum absolute atomic E-state index is 8.38. The summed E-state index contributed by atoms with van der Waals surface area (Å²) in [6, 6.07) is 1.60. The Bertz CT molecular complexity index is 151. The van der Waals surface area contributed by atoms with E-state index in [1.165, 1.54) is 6.42 Å². The van der Waals surface area contributed by atoms with E-state index >= 15 is 0 Å². The molecule has 0 aromatic carbocycles. The van der Waals surface area contributed by atoms with Gasteiger partial charge in [-0.05, 0) is 25.2 Å². The summed E-state index contributed by atoms with van der Waals surface area (Å²) in [5, 5.41) is 8.38. The van der Waals surface area contributed by atoms with E-state index in [0.29, 0.717) is 13.0 Å². The van der Waals surface area contributed by atoms with E-state index in [0.717, 1.165) is 18.9 Å². The number of ether oxygens (including phenoxy) is 1. The molecule has 3 nitrogen and oxygen atoms in total. The third kappa shape index (κ3) is 9.32. The SMILES string of the molecule is CC(C)CCCOCCC(N)C#N. The third-order valence-electron chi connectivity index (χ3n) is 1.81. The maximum atomic E-state index is 8.38. The van der Waals surface area contributed by atoms with Gasteiger partial charge in [0.1, 0.15) is 0 Å². The molecular weight excluding hydrogens is 164 g/mol. The Balaban J connectivity index is 3.05. The topological polar surface area (TPSA) is 59.0 Å². The van der Waals surface area contributed by atoms with Crippen molar-refractivity contribution in [3.05, 3.63) is 0 Å². The van der Waals surface area contributed by atoms with Crippen molar-refractivity contribution in [3.8, 4) is 6.07 Å². The van der Waals surface area contributed by atoms with Gasteiger partial charge in [-0.1, -0.05) is 13.8 Å². The largest absolute Gasteiger partial charge is 0.381 e. The van der Waals surface area contributed by atoms with Gasteiger partial charge in [0.15, 0.2) is 0 Å². The average molecular weight is 184 g/mol. The van der Waals surface area contributed by atoms with Crippen molar-refractivity contribution in [2.75, 3.05) is 13.2 Å². The second-order valence-electron chi connectivity index (χ2n) is 3.67. The Morgan fingerprint density at radius 2 is 2.00 bits per heavy atom. The van der Waals surface area contributed by atoms with Gasteiger partial charge in [0, 0.05) is 13.2 Å². The molecule has 0 saturated carbocycles. The molecule has 0 radical (unpaired) electrons. The van der Waals surface area contributed by atoms with Gasteiger partial charge >= 0.3 is 0 Å². The maximum Gasteiger partial charge on any atom is 0.0950 e. The second kappa shape index (κ2) is 8.03. The van der Waals surface area contributed by atoms with E-state index in [1.807, 2.05) is 6.07 Å². The van der Waals surface area contributed by atoms with Crippen LogP contribution in [-0.4, -0.2) is 19.3 Å². The Kier molecular flexibility index (Phi) is 7.66. The summed E-state index contributed by atoms with van der Waals surface area (Å²) in [6.45, 7) is 5.79. The van der Waals surface area contributed by atoms with E-state index in [4.69, 9.17) is 15.7 Å². The molecule has 0 amide bonds. The molecule has 0 bridgehead atoms. The number of hydrogen-bond donors (Lipinski definition) is 1. The summed E-state index contributed by atoms with van der Waals surface area (Å²) in [5.41, 5.74) is 5.39. The summed E-state index contributed by atoms with van der Waals surface area (Å²) in [7, 11) is 0. The molecule has 0 heterocycles. The monoisotopic (exact) mass is 184 g/mol. The van der Waals surface area contributed by atoms with Gasteiger partial charge < -0.3 is 10.5 Å². The van der Waals surface area contributed by atoms with Crippen LogP contribution < -0.4 is 5.73 Å². The highest BCUT2D eigenvalue weighted by atomic mass is 16.5. The van der Waals surface area contributed by atoms with Gasteiger partial charge in [0.05, 0.1) is 12.1 Å². The molecule has 0 aliphatic rings. The molecule has 0 aliphatic carbocycles. The molecular formula is C10H20N2O. The standard InChI is InChI=1S/C10H20N2O/c1-9(2)4-3-6-13-7-5-10(12)8-11/h9-10H,3-7,12H2,1-2H3. The molecule has 0 rings (SSSR count). The van der Waals surface area contributed by atoms with Crippen molar-refractivity contribution in [1.82, 2.24) is 0 Å². The molecule has 1 unspecified atom stereocenters. The van der Waals surface area contributed by atoms with Crippen molar-refractivity contribution in [3.63, 3.8) is 0 Å². The average Bonchev–Trinajstić information content (AvgIpc) is 2.10. The molecule has 13 heavy (non-hydrogen) atoms. The van der Waals surface area contributed by atoms with Crippen LogP contribution in [0, 0.1) is 17.2 Å². The van der Waals surface area contributed by atoms with Crippen LogP contribution in [0.5, 0.6) is 0 Å².